The van der Waals surface area contributed by atoms with Crippen molar-refractivity contribution in [2.75, 3.05) is 50.5 Å². The smallest absolute Gasteiger partial charge is 0.386 e. The molecule has 35 heteroatoms. The zero-order chi connectivity index (χ0) is 47.6. The van der Waals surface area contributed by atoms with E-state index in [9.17, 15) is 67.2 Å². The third-order valence-corrected chi connectivity index (χ3v) is 13.2. The molecule has 2 aromatic rings. The van der Waals surface area contributed by atoms with Crippen molar-refractivity contribution < 1.29 is 99.6 Å². The Labute approximate surface area is 361 Å². The third kappa shape index (κ3) is 18.2. The molecule has 3 heterocycles. The van der Waals surface area contributed by atoms with Crippen LogP contribution in [0.1, 0.15) is 39.3 Å². The SMILES string of the molecule is CC(C)(COP(=O)(O)OP(=O)(O)OCC1OC(n2cnc3c(N)ncnc32)C(O)C1OP(=O)(O)O)C(O)C(=O)NCCC(=O)NCCSC(=O)C(N)CCCNC(=O)CP(=O)(O)O. The van der Waals surface area contributed by atoms with Gasteiger partial charge in [-0.15, -0.1) is 0 Å². The van der Waals surface area contributed by atoms with Crippen LogP contribution in [0.3, 0.4) is 0 Å². The predicted molar refractivity (Wildman–Crippen MR) is 214 cm³/mol. The lowest BCUT2D eigenvalue weighted by atomic mass is 9.87. The monoisotopic (exact) mass is 1000 g/mol. The molecule has 8 unspecified atom stereocenters. The van der Waals surface area contributed by atoms with Crippen molar-refractivity contribution >= 4 is 82.6 Å². The number of nitrogens with zero attached hydrogens (tertiary/aromatic N) is 4. The second-order valence-electron chi connectivity index (χ2n) is 14.2. The number of ether oxygens (including phenoxy) is 1. The highest BCUT2D eigenvalue weighted by molar-refractivity contribution is 8.13. The number of amides is 3. The normalized spacial score (nSPS) is 21.3. The number of phosphoric acid groups is 3. The molecule has 0 saturated carbocycles. The minimum absolute atomic E-state index is 0.0109. The minimum atomic E-state index is -5.61. The van der Waals surface area contributed by atoms with Gasteiger partial charge in [-0.25, -0.2) is 28.6 Å². The zero-order valence-electron chi connectivity index (χ0n) is 33.2. The molecule has 0 spiro atoms. The van der Waals surface area contributed by atoms with Crippen molar-refractivity contribution in [3.8, 4) is 0 Å². The van der Waals surface area contributed by atoms with Crippen molar-refractivity contribution in [1.82, 2.24) is 35.5 Å². The topological polar surface area (TPSA) is 476 Å². The van der Waals surface area contributed by atoms with E-state index in [0.29, 0.717) is 0 Å². The summed E-state index contributed by atoms with van der Waals surface area (Å²) in [6, 6.07) is -0.901. The van der Waals surface area contributed by atoms with Gasteiger partial charge in [-0.3, -0.25) is 41.9 Å². The van der Waals surface area contributed by atoms with Crippen LogP contribution in [-0.2, 0) is 60.1 Å². The van der Waals surface area contributed by atoms with Gasteiger partial charge in [0.25, 0.3) is 0 Å². The van der Waals surface area contributed by atoms with Gasteiger partial charge in [0.15, 0.2) is 17.7 Å². The number of thioether (sulfide) groups is 1. The van der Waals surface area contributed by atoms with Gasteiger partial charge in [-0.2, -0.15) is 4.31 Å². The summed E-state index contributed by atoms with van der Waals surface area (Å²) in [6.07, 6.45) is -7.73. The summed E-state index contributed by atoms with van der Waals surface area (Å²) in [5.74, 6) is -2.35. The Morgan fingerprint density at radius 1 is 0.952 bits per heavy atom. The highest BCUT2D eigenvalue weighted by Gasteiger charge is 2.50. The number of hydrogen-bond acceptors (Lipinski definition) is 21. The Morgan fingerprint density at radius 3 is 2.25 bits per heavy atom. The molecule has 0 aliphatic carbocycles. The molecule has 3 rings (SSSR count). The van der Waals surface area contributed by atoms with Gasteiger partial charge >= 0.3 is 31.1 Å². The molecule has 63 heavy (non-hydrogen) atoms. The quantitative estimate of drug-likeness (QED) is 0.0331. The van der Waals surface area contributed by atoms with E-state index in [-0.39, 0.29) is 61.6 Å². The Morgan fingerprint density at radius 2 is 1.60 bits per heavy atom. The highest BCUT2D eigenvalue weighted by Crippen LogP contribution is 2.61. The molecule has 0 bridgehead atoms. The molecule has 0 radical (unpaired) electrons. The Bertz CT molecular complexity index is 2120. The van der Waals surface area contributed by atoms with Crippen molar-refractivity contribution in [2.45, 2.75) is 69.8 Å². The fourth-order valence-electron chi connectivity index (χ4n) is 5.30. The lowest BCUT2D eigenvalue weighted by molar-refractivity contribution is -0.137. The van der Waals surface area contributed by atoms with Gasteiger partial charge in [0.05, 0.1) is 25.6 Å². The summed E-state index contributed by atoms with van der Waals surface area (Å²) in [4.78, 5) is 117. The van der Waals surface area contributed by atoms with Gasteiger partial charge in [0.1, 0.15) is 42.4 Å². The van der Waals surface area contributed by atoms with Gasteiger partial charge in [-0.05, 0) is 12.8 Å². The fraction of sp³-hybridized carbons (Fsp3) is 0.679. The summed E-state index contributed by atoms with van der Waals surface area (Å²) in [7, 11) is -21.0. The summed E-state index contributed by atoms with van der Waals surface area (Å²) in [5, 5.41) is 28.2. The third-order valence-electron chi connectivity index (χ3n) is 8.41. The van der Waals surface area contributed by atoms with Crippen molar-refractivity contribution in [3.63, 3.8) is 0 Å². The fourth-order valence-corrected chi connectivity index (χ4v) is 9.35. The lowest BCUT2D eigenvalue weighted by Gasteiger charge is -2.30. The number of carbonyl (C=O) groups is 4. The molecule has 3 amide bonds. The first kappa shape index (κ1) is 54.5. The largest absolute Gasteiger partial charge is 0.481 e. The van der Waals surface area contributed by atoms with E-state index in [1.54, 1.807) is 0 Å². The van der Waals surface area contributed by atoms with E-state index in [2.05, 4.69) is 39.7 Å². The second kappa shape index (κ2) is 23.0. The number of anilines is 1. The summed E-state index contributed by atoms with van der Waals surface area (Å²) < 4.78 is 72.9. The Kier molecular flexibility index (Phi) is 19.9. The molecule has 1 saturated heterocycles. The number of nitrogens with one attached hydrogen (secondary N) is 3. The minimum Gasteiger partial charge on any atom is -0.386 e. The van der Waals surface area contributed by atoms with E-state index < -0.39 is 115 Å². The number of hydrogen-bond donors (Lipinski definition) is 13. The molecule has 8 atom stereocenters. The van der Waals surface area contributed by atoms with Crippen LogP contribution >= 0.6 is 42.8 Å². The average Bonchev–Trinajstić information content (AvgIpc) is 3.72. The number of nitrogens with two attached hydrogens (primary N) is 2. The van der Waals surface area contributed by atoms with Crippen LogP contribution in [0.4, 0.5) is 5.82 Å². The first-order valence-corrected chi connectivity index (χ1v) is 25.4. The first-order chi connectivity index (χ1) is 29.0. The molecule has 1 aliphatic rings. The Balaban J connectivity index is 1.40. The van der Waals surface area contributed by atoms with Crippen LogP contribution in [0.5, 0.6) is 0 Å². The molecule has 15 N–H and O–H groups in total. The number of phosphoric ester groups is 3. The van der Waals surface area contributed by atoms with Crippen molar-refractivity contribution in [3.05, 3.63) is 12.7 Å². The van der Waals surface area contributed by atoms with E-state index in [4.69, 9.17) is 35.0 Å². The number of rotatable bonds is 26. The van der Waals surface area contributed by atoms with Crippen LogP contribution in [0.25, 0.3) is 11.2 Å². The standard InChI is InChI=1S/C28H49N9O21P4S/c1-28(2,22(41)25(42)33-7-5-17(38)32-8-9-63-27(43)15(29)4-3-6-31-18(39)11-59(44,45)46)12-55-62(52,53)58-61(50,51)54-10-16-21(57-60(47,48)49)20(40)26(56-16)37-14-36-19-23(30)34-13-35-24(19)37/h13-16,20-22,26,40-41H,3-12,29H2,1-2H3,(H,31,39)(H,32,38)(H,33,42)(H,50,51)(H,52,53)(H2,30,34,35)(H2,44,45,46)(H2,47,48,49). The number of fused-ring (bicyclic) bond motifs is 1. The maximum Gasteiger partial charge on any atom is 0.481 e. The number of nitrogen functional groups attached to an aromatic ring is 1. The van der Waals surface area contributed by atoms with Gasteiger partial charge in [0, 0.05) is 37.2 Å². The van der Waals surface area contributed by atoms with Crippen LogP contribution in [0, 0.1) is 5.41 Å². The molecule has 1 aliphatic heterocycles. The van der Waals surface area contributed by atoms with E-state index in [1.165, 1.54) is 13.8 Å². The van der Waals surface area contributed by atoms with Crippen molar-refractivity contribution in [1.29, 1.82) is 0 Å². The van der Waals surface area contributed by atoms with Gasteiger partial charge in [0.2, 0.25) is 22.8 Å². The van der Waals surface area contributed by atoms with Gasteiger partial charge in [-0.1, -0.05) is 25.6 Å². The molecule has 1 fully saturated rings. The van der Waals surface area contributed by atoms with Gasteiger partial charge < -0.3 is 71.7 Å². The summed E-state index contributed by atoms with van der Waals surface area (Å²) >= 11 is 0.835. The molecular formula is C28H49N9O21P4S. The van der Waals surface area contributed by atoms with E-state index in [0.717, 1.165) is 29.0 Å². The Hall–Kier alpha value is -2.86. The second-order valence-corrected chi connectivity index (χ2v) is 21.1. The number of imidazole rings is 1. The molecule has 0 aromatic carbocycles. The molecule has 30 nitrogen and oxygen atoms in total. The first-order valence-electron chi connectivity index (χ1n) is 18.1. The van der Waals surface area contributed by atoms with Crippen LogP contribution in [0.15, 0.2) is 12.7 Å². The number of aliphatic hydroxyl groups excluding tert-OH is 2. The van der Waals surface area contributed by atoms with Crippen LogP contribution in [0.2, 0.25) is 0 Å². The molecule has 358 valence electrons. The van der Waals surface area contributed by atoms with Crippen LogP contribution < -0.4 is 27.4 Å². The maximum atomic E-state index is 12.7. The van der Waals surface area contributed by atoms with E-state index >= 15 is 0 Å². The molecule has 2 aromatic heterocycles. The molecular weight excluding hydrogens is 954 g/mol. The number of carbonyl (C=O) groups excluding carboxylic acids is 4. The highest BCUT2D eigenvalue weighted by atomic mass is 32.2. The number of aromatic nitrogens is 4. The number of aliphatic hydroxyl groups is 2. The summed E-state index contributed by atoms with van der Waals surface area (Å²) in [6.45, 7) is 0.131. The average molecular weight is 1000 g/mol. The summed E-state index contributed by atoms with van der Waals surface area (Å²) in [5.41, 5.74) is 9.97. The van der Waals surface area contributed by atoms with Crippen molar-refractivity contribution in [2.24, 2.45) is 11.1 Å². The zero-order valence-corrected chi connectivity index (χ0v) is 37.6. The van der Waals surface area contributed by atoms with E-state index in [1.807, 2.05) is 0 Å². The lowest BCUT2D eigenvalue weighted by Crippen LogP contribution is -2.46. The van der Waals surface area contributed by atoms with Crippen LogP contribution in [-0.4, -0.2) is 157 Å². The predicted octanol–water partition coefficient (Wildman–Crippen LogP) is -2.93. The maximum absolute atomic E-state index is 12.7.